The van der Waals surface area contributed by atoms with Crippen LogP contribution in [0, 0.1) is 6.92 Å². The van der Waals surface area contributed by atoms with E-state index in [1.807, 2.05) is 13.0 Å². The van der Waals surface area contributed by atoms with Gasteiger partial charge in [-0.2, -0.15) is 5.10 Å². The van der Waals surface area contributed by atoms with E-state index in [0.29, 0.717) is 11.2 Å². The van der Waals surface area contributed by atoms with E-state index in [0.717, 1.165) is 5.69 Å². The van der Waals surface area contributed by atoms with Crippen molar-refractivity contribution in [1.82, 2.24) is 9.78 Å². The third-order valence-electron chi connectivity index (χ3n) is 1.30. The molecule has 56 valence electrons. The number of aromatic nitrogens is 2. The second-order valence-corrected chi connectivity index (χ2v) is 3.03. The van der Waals surface area contributed by atoms with Crippen LogP contribution in [0.3, 0.4) is 0 Å². The van der Waals surface area contributed by atoms with E-state index in [-0.39, 0.29) is 0 Å². The highest BCUT2D eigenvalue weighted by Crippen LogP contribution is 2.15. The van der Waals surface area contributed by atoms with Crippen LogP contribution < -0.4 is 0 Å². The van der Waals surface area contributed by atoms with Crippen LogP contribution in [-0.2, 0) is 0 Å². The maximum Gasteiger partial charge on any atom is 0.127 e. The van der Waals surface area contributed by atoms with Crippen molar-refractivity contribution in [2.45, 2.75) is 26.8 Å². The van der Waals surface area contributed by atoms with Gasteiger partial charge in [0.2, 0.25) is 0 Å². The van der Waals surface area contributed by atoms with E-state index in [1.165, 1.54) is 0 Å². The van der Waals surface area contributed by atoms with E-state index < -0.39 is 0 Å². The van der Waals surface area contributed by atoms with Crippen LogP contribution in [0.25, 0.3) is 0 Å². The first-order valence-corrected chi connectivity index (χ1v) is 3.70. The Bertz CT molecular complexity index is 228. The predicted octanol–water partition coefficient (Wildman–Crippen LogP) is 2.43. The van der Waals surface area contributed by atoms with Crippen LogP contribution in [0.4, 0.5) is 0 Å². The molecule has 0 aromatic carbocycles. The van der Waals surface area contributed by atoms with Gasteiger partial charge in [0.05, 0.1) is 5.69 Å². The number of hydrogen-bond donors (Lipinski definition) is 0. The molecule has 0 amide bonds. The number of halogens is 1. The summed E-state index contributed by atoms with van der Waals surface area (Å²) in [6.45, 7) is 6.04. The molecule has 0 saturated carbocycles. The van der Waals surface area contributed by atoms with Crippen molar-refractivity contribution in [3.05, 3.63) is 16.9 Å². The third-order valence-corrected chi connectivity index (χ3v) is 1.58. The Morgan fingerprint density at radius 3 is 2.40 bits per heavy atom. The molecule has 0 aliphatic carbocycles. The van der Waals surface area contributed by atoms with Crippen molar-refractivity contribution in [1.29, 1.82) is 0 Å². The molecule has 1 rings (SSSR count). The first-order chi connectivity index (χ1) is 4.61. The van der Waals surface area contributed by atoms with E-state index in [9.17, 15) is 0 Å². The van der Waals surface area contributed by atoms with Crippen molar-refractivity contribution in [2.75, 3.05) is 0 Å². The second-order valence-electron chi connectivity index (χ2n) is 2.65. The van der Waals surface area contributed by atoms with Crippen LogP contribution in [0.15, 0.2) is 6.07 Å². The van der Waals surface area contributed by atoms with Crippen LogP contribution in [0.2, 0.25) is 5.15 Å². The highest BCUT2D eigenvalue weighted by atomic mass is 35.5. The smallest absolute Gasteiger partial charge is 0.127 e. The highest BCUT2D eigenvalue weighted by molar-refractivity contribution is 6.29. The molecular formula is C7H11ClN2. The Kier molecular flexibility index (Phi) is 2.00. The Morgan fingerprint density at radius 1 is 1.60 bits per heavy atom. The largest absolute Gasteiger partial charge is 0.251 e. The molecular weight excluding hydrogens is 148 g/mol. The molecule has 0 aliphatic rings. The second kappa shape index (κ2) is 2.62. The molecule has 0 aliphatic heterocycles. The lowest BCUT2D eigenvalue weighted by molar-refractivity contribution is 0.530. The summed E-state index contributed by atoms with van der Waals surface area (Å²) in [6, 6.07) is 2.21. The normalized spacial score (nSPS) is 10.9. The first kappa shape index (κ1) is 7.61. The maximum absolute atomic E-state index is 5.84. The summed E-state index contributed by atoms with van der Waals surface area (Å²) >= 11 is 5.84. The minimum absolute atomic E-state index is 0.348. The van der Waals surface area contributed by atoms with Crippen molar-refractivity contribution in [3.8, 4) is 0 Å². The van der Waals surface area contributed by atoms with Crippen molar-refractivity contribution in [3.63, 3.8) is 0 Å². The molecule has 0 radical (unpaired) electrons. The summed E-state index contributed by atoms with van der Waals surface area (Å²) in [5.41, 5.74) is 0.971. The molecule has 1 heterocycles. The van der Waals surface area contributed by atoms with Gasteiger partial charge in [0, 0.05) is 6.04 Å². The lowest BCUT2D eigenvalue weighted by atomic mass is 10.4. The summed E-state index contributed by atoms with van der Waals surface area (Å²) in [5, 5.41) is 4.91. The summed E-state index contributed by atoms with van der Waals surface area (Å²) in [5.74, 6) is 0. The zero-order valence-corrected chi connectivity index (χ0v) is 7.18. The van der Waals surface area contributed by atoms with Gasteiger partial charge < -0.3 is 0 Å². The first-order valence-electron chi connectivity index (χ1n) is 3.33. The Morgan fingerprint density at radius 2 is 2.20 bits per heavy atom. The molecule has 0 N–H and O–H groups in total. The van der Waals surface area contributed by atoms with Gasteiger partial charge in [-0.15, -0.1) is 0 Å². The maximum atomic E-state index is 5.84. The topological polar surface area (TPSA) is 17.8 Å². The molecule has 10 heavy (non-hydrogen) atoms. The molecule has 0 spiro atoms. The predicted molar refractivity (Wildman–Crippen MR) is 42.4 cm³/mol. The van der Waals surface area contributed by atoms with Gasteiger partial charge in [-0.05, 0) is 26.8 Å². The highest BCUT2D eigenvalue weighted by Gasteiger charge is 2.04. The van der Waals surface area contributed by atoms with Gasteiger partial charge in [0.1, 0.15) is 5.15 Å². The van der Waals surface area contributed by atoms with Crippen molar-refractivity contribution < 1.29 is 0 Å². The number of rotatable bonds is 1. The molecule has 0 unspecified atom stereocenters. The number of nitrogens with zero attached hydrogens (tertiary/aromatic N) is 2. The average Bonchev–Trinajstić information content (AvgIpc) is 2.10. The fourth-order valence-electron chi connectivity index (χ4n) is 0.847. The van der Waals surface area contributed by atoms with Gasteiger partial charge in [0.15, 0.2) is 0 Å². The summed E-state index contributed by atoms with van der Waals surface area (Å²) in [4.78, 5) is 0. The fraction of sp³-hybridized carbons (Fsp3) is 0.571. The van der Waals surface area contributed by atoms with E-state index >= 15 is 0 Å². The summed E-state index contributed by atoms with van der Waals surface area (Å²) in [7, 11) is 0. The average molecular weight is 159 g/mol. The molecule has 1 aromatic rings. The molecule has 0 bridgehead atoms. The zero-order chi connectivity index (χ0) is 7.72. The van der Waals surface area contributed by atoms with Gasteiger partial charge in [-0.1, -0.05) is 11.6 Å². The van der Waals surface area contributed by atoms with Gasteiger partial charge >= 0.3 is 0 Å². The Balaban J connectivity index is 3.03. The van der Waals surface area contributed by atoms with E-state index in [4.69, 9.17) is 11.6 Å². The fourth-order valence-corrected chi connectivity index (χ4v) is 1.24. The molecule has 0 fully saturated rings. The lowest BCUT2D eigenvalue weighted by Gasteiger charge is -2.05. The standard InChI is InChI=1S/C7H11ClN2/c1-5(2)10-7(8)4-6(3)9-10/h4-5H,1-3H3. The third kappa shape index (κ3) is 1.32. The quantitative estimate of drug-likeness (QED) is 0.614. The van der Waals surface area contributed by atoms with Crippen LogP contribution in [0.5, 0.6) is 0 Å². The van der Waals surface area contributed by atoms with Crippen LogP contribution in [-0.4, -0.2) is 9.78 Å². The Hall–Kier alpha value is -0.500. The van der Waals surface area contributed by atoms with Crippen LogP contribution in [0.1, 0.15) is 25.6 Å². The summed E-state index contributed by atoms with van der Waals surface area (Å²) in [6.07, 6.45) is 0. The molecule has 3 heteroatoms. The molecule has 0 atom stereocenters. The number of aryl methyl sites for hydroxylation is 1. The zero-order valence-electron chi connectivity index (χ0n) is 6.43. The van der Waals surface area contributed by atoms with Crippen LogP contribution >= 0.6 is 11.6 Å². The summed E-state index contributed by atoms with van der Waals surface area (Å²) < 4.78 is 1.80. The number of hydrogen-bond acceptors (Lipinski definition) is 1. The minimum atomic E-state index is 0.348. The monoisotopic (exact) mass is 158 g/mol. The SMILES string of the molecule is Cc1cc(Cl)n(C(C)C)n1. The molecule has 1 aromatic heterocycles. The minimum Gasteiger partial charge on any atom is -0.251 e. The van der Waals surface area contributed by atoms with E-state index in [2.05, 4.69) is 18.9 Å². The van der Waals surface area contributed by atoms with Crippen molar-refractivity contribution >= 4 is 11.6 Å². The molecule has 0 saturated heterocycles. The molecule has 2 nitrogen and oxygen atoms in total. The van der Waals surface area contributed by atoms with Crippen molar-refractivity contribution in [2.24, 2.45) is 0 Å². The van der Waals surface area contributed by atoms with E-state index in [1.54, 1.807) is 4.68 Å². The van der Waals surface area contributed by atoms with Gasteiger partial charge in [-0.25, -0.2) is 0 Å². The lowest BCUT2D eigenvalue weighted by Crippen LogP contribution is -2.02. The van der Waals surface area contributed by atoms with Gasteiger partial charge in [-0.3, -0.25) is 4.68 Å². The van der Waals surface area contributed by atoms with Gasteiger partial charge in [0.25, 0.3) is 0 Å². The Labute approximate surface area is 65.8 Å².